The summed E-state index contributed by atoms with van der Waals surface area (Å²) < 4.78 is 6.56. The van der Waals surface area contributed by atoms with Crippen molar-refractivity contribution in [2.75, 3.05) is 19.6 Å². The first-order valence-electron chi connectivity index (χ1n) is 8.20. The van der Waals surface area contributed by atoms with Gasteiger partial charge in [-0.25, -0.2) is 4.79 Å². The van der Waals surface area contributed by atoms with Crippen LogP contribution in [0.3, 0.4) is 0 Å². The highest BCUT2D eigenvalue weighted by molar-refractivity contribution is 9.10. The predicted molar refractivity (Wildman–Crippen MR) is 98.7 cm³/mol. The first-order valence-corrected chi connectivity index (χ1v) is 8.99. The molecule has 0 aliphatic heterocycles. The summed E-state index contributed by atoms with van der Waals surface area (Å²) in [4.78, 5) is 14.0. The zero-order valence-electron chi connectivity index (χ0n) is 14.9. The van der Waals surface area contributed by atoms with Gasteiger partial charge in [0.2, 0.25) is 0 Å². The molecule has 1 aromatic carbocycles. The maximum atomic E-state index is 12.2. The standard InChI is InChI=1S/C18H29BrN2O2/c1-6-12-21(17(22)23-18(3,4)5)13-11-20-14(2)15-9-7-8-10-16(15)19/h7-10,14,20H,6,11-13H2,1-5H3. The summed E-state index contributed by atoms with van der Waals surface area (Å²) in [6.07, 6.45) is 0.675. The lowest BCUT2D eigenvalue weighted by molar-refractivity contribution is 0.0251. The summed E-state index contributed by atoms with van der Waals surface area (Å²) in [7, 11) is 0. The third-order valence-electron chi connectivity index (χ3n) is 3.35. The van der Waals surface area contributed by atoms with E-state index in [-0.39, 0.29) is 12.1 Å². The van der Waals surface area contributed by atoms with Crippen LogP contribution in [0, 0.1) is 0 Å². The van der Waals surface area contributed by atoms with Crippen LogP contribution in [0.15, 0.2) is 28.7 Å². The molecule has 0 spiro atoms. The zero-order chi connectivity index (χ0) is 17.5. The molecule has 1 amide bonds. The molecule has 1 aromatic rings. The monoisotopic (exact) mass is 384 g/mol. The van der Waals surface area contributed by atoms with Crippen molar-refractivity contribution in [3.63, 3.8) is 0 Å². The molecule has 0 aliphatic carbocycles. The molecule has 0 fully saturated rings. The van der Waals surface area contributed by atoms with E-state index in [4.69, 9.17) is 4.74 Å². The molecule has 130 valence electrons. The summed E-state index contributed by atoms with van der Waals surface area (Å²) >= 11 is 3.57. The molecule has 0 radical (unpaired) electrons. The van der Waals surface area contributed by atoms with Gasteiger partial charge in [-0.1, -0.05) is 41.1 Å². The minimum atomic E-state index is -0.460. The van der Waals surface area contributed by atoms with E-state index >= 15 is 0 Å². The lowest BCUT2D eigenvalue weighted by Crippen LogP contribution is -2.41. The number of halogens is 1. The fraction of sp³-hybridized carbons (Fsp3) is 0.611. The first kappa shape index (κ1) is 20.0. The molecule has 1 unspecified atom stereocenters. The molecule has 5 heteroatoms. The Morgan fingerprint density at radius 2 is 1.96 bits per heavy atom. The van der Waals surface area contributed by atoms with E-state index in [2.05, 4.69) is 41.2 Å². The number of carbonyl (C=O) groups excluding carboxylic acids is 1. The molecule has 0 aliphatic rings. The van der Waals surface area contributed by atoms with Crippen molar-refractivity contribution in [2.45, 2.75) is 52.7 Å². The van der Waals surface area contributed by atoms with Crippen LogP contribution in [0.5, 0.6) is 0 Å². The van der Waals surface area contributed by atoms with E-state index in [1.807, 2.05) is 39.0 Å². The molecular weight excluding hydrogens is 356 g/mol. The SMILES string of the molecule is CCCN(CCNC(C)c1ccccc1Br)C(=O)OC(C)(C)C. The van der Waals surface area contributed by atoms with Crippen molar-refractivity contribution in [3.8, 4) is 0 Å². The molecule has 0 heterocycles. The fourth-order valence-electron chi connectivity index (χ4n) is 2.24. The number of ether oxygens (including phenoxy) is 1. The van der Waals surface area contributed by atoms with Gasteiger partial charge in [-0.05, 0) is 45.7 Å². The average Bonchev–Trinajstić information content (AvgIpc) is 2.44. The summed E-state index contributed by atoms with van der Waals surface area (Å²) in [6, 6.07) is 8.39. The van der Waals surface area contributed by atoms with Crippen LogP contribution in [0.4, 0.5) is 4.79 Å². The minimum Gasteiger partial charge on any atom is -0.444 e. The van der Waals surface area contributed by atoms with E-state index in [1.165, 1.54) is 5.56 Å². The van der Waals surface area contributed by atoms with Gasteiger partial charge in [0.05, 0.1) is 0 Å². The Balaban J connectivity index is 2.52. The molecule has 0 bridgehead atoms. The normalized spacial score (nSPS) is 12.8. The quantitative estimate of drug-likeness (QED) is 0.737. The van der Waals surface area contributed by atoms with Crippen LogP contribution >= 0.6 is 15.9 Å². The predicted octanol–water partition coefficient (Wildman–Crippen LogP) is 4.75. The van der Waals surface area contributed by atoms with Gasteiger partial charge in [0.25, 0.3) is 0 Å². The second-order valence-corrected chi connectivity index (χ2v) is 7.52. The van der Waals surface area contributed by atoms with Crippen LogP contribution < -0.4 is 5.32 Å². The maximum Gasteiger partial charge on any atom is 0.410 e. The Hall–Kier alpha value is -1.07. The van der Waals surface area contributed by atoms with Gasteiger partial charge in [0, 0.05) is 30.1 Å². The van der Waals surface area contributed by atoms with Gasteiger partial charge in [0.1, 0.15) is 5.60 Å². The number of benzene rings is 1. The second kappa shape index (κ2) is 9.28. The second-order valence-electron chi connectivity index (χ2n) is 6.66. The molecule has 0 saturated carbocycles. The van der Waals surface area contributed by atoms with E-state index < -0.39 is 5.60 Å². The van der Waals surface area contributed by atoms with Crippen LogP contribution in [-0.4, -0.2) is 36.2 Å². The Labute approximate surface area is 148 Å². The van der Waals surface area contributed by atoms with Crippen LogP contribution in [0.2, 0.25) is 0 Å². The first-order chi connectivity index (χ1) is 10.7. The molecule has 1 rings (SSSR count). The van der Waals surface area contributed by atoms with Crippen LogP contribution in [0.25, 0.3) is 0 Å². The number of rotatable bonds is 7. The number of hydrogen-bond acceptors (Lipinski definition) is 3. The Kier molecular flexibility index (Phi) is 8.06. The van der Waals surface area contributed by atoms with Crippen molar-refractivity contribution >= 4 is 22.0 Å². The summed E-state index contributed by atoms with van der Waals surface area (Å²) in [5.74, 6) is 0. The zero-order valence-corrected chi connectivity index (χ0v) is 16.4. The fourth-order valence-corrected chi connectivity index (χ4v) is 2.87. The highest BCUT2D eigenvalue weighted by atomic mass is 79.9. The Morgan fingerprint density at radius 3 is 2.52 bits per heavy atom. The number of nitrogens with one attached hydrogen (secondary N) is 1. The minimum absolute atomic E-state index is 0.215. The number of nitrogens with zero attached hydrogens (tertiary/aromatic N) is 1. The molecule has 0 saturated heterocycles. The van der Waals surface area contributed by atoms with Crippen molar-refractivity contribution in [3.05, 3.63) is 34.3 Å². The summed E-state index contributed by atoms with van der Waals surface area (Å²) in [6.45, 7) is 11.9. The van der Waals surface area contributed by atoms with Gasteiger partial charge >= 0.3 is 6.09 Å². The highest BCUT2D eigenvalue weighted by Gasteiger charge is 2.21. The van der Waals surface area contributed by atoms with E-state index in [9.17, 15) is 4.79 Å². The number of hydrogen-bond donors (Lipinski definition) is 1. The van der Waals surface area contributed by atoms with E-state index in [1.54, 1.807) is 4.90 Å². The molecule has 0 aromatic heterocycles. The van der Waals surface area contributed by atoms with Crippen molar-refractivity contribution in [1.29, 1.82) is 0 Å². The Morgan fingerprint density at radius 1 is 1.30 bits per heavy atom. The number of amides is 1. The topological polar surface area (TPSA) is 41.6 Å². The number of carbonyl (C=O) groups is 1. The highest BCUT2D eigenvalue weighted by Crippen LogP contribution is 2.22. The maximum absolute atomic E-state index is 12.2. The van der Waals surface area contributed by atoms with Crippen molar-refractivity contribution in [1.82, 2.24) is 10.2 Å². The van der Waals surface area contributed by atoms with E-state index in [0.717, 1.165) is 17.4 Å². The lowest BCUT2D eigenvalue weighted by atomic mass is 10.1. The van der Waals surface area contributed by atoms with Crippen molar-refractivity contribution < 1.29 is 9.53 Å². The van der Waals surface area contributed by atoms with E-state index in [0.29, 0.717) is 13.1 Å². The van der Waals surface area contributed by atoms with Gasteiger partial charge in [-0.2, -0.15) is 0 Å². The van der Waals surface area contributed by atoms with Gasteiger partial charge in [0.15, 0.2) is 0 Å². The Bertz CT molecular complexity index is 500. The third-order valence-corrected chi connectivity index (χ3v) is 4.07. The summed E-state index contributed by atoms with van der Waals surface area (Å²) in [5, 5.41) is 3.47. The molecular formula is C18H29BrN2O2. The van der Waals surface area contributed by atoms with Gasteiger partial charge < -0.3 is 15.0 Å². The van der Waals surface area contributed by atoms with Crippen LogP contribution in [0.1, 0.15) is 52.6 Å². The van der Waals surface area contributed by atoms with Crippen LogP contribution in [-0.2, 0) is 4.74 Å². The molecule has 4 nitrogen and oxygen atoms in total. The largest absolute Gasteiger partial charge is 0.444 e. The average molecular weight is 385 g/mol. The van der Waals surface area contributed by atoms with Gasteiger partial charge in [-0.3, -0.25) is 0 Å². The lowest BCUT2D eigenvalue weighted by Gasteiger charge is -2.27. The molecule has 1 atom stereocenters. The molecule has 1 N–H and O–H groups in total. The molecule has 23 heavy (non-hydrogen) atoms. The van der Waals surface area contributed by atoms with Crippen molar-refractivity contribution in [2.24, 2.45) is 0 Å². The summed E-state index contributed by atoms with van der Waals surface area (Å²) in [5.41, 5.74) is 0.755. The van der Waals surface area contributed by atoms with Gasteiger partial charge in [-0.15, -0.1) is 0 Å². The third kappa shape index (κ3) is 7.36. The smallest absolute Gasteiger partial charge is 0.410 e.